The molecule has 0 aliphatic carbocycles. The Balaban J connectivity index is 1.70. The van der Waals surface area contributed by atoms with Crippen LogP contribution in [0.4, 0.5) is 0 Å². The highest BCUT2D eigenvalue weighted by molar-refractivity contribution is 6.23. The number of imidazole rings is 2. The predicted molar refractivity (Wildman–Crippen MR) is 104 cm³/mol. The number of hydrogen-bond acceptors (Lipinski definition) is 2. The molecule has 0 saturated heterocycles. The summed E-state index contributed by atoms with van der Waals surface area (Å²) in [4.78, 5) is 8.34. The Morgan fingerprint density at radius 3 is 1.23 bits per heavy atom. The fourth-order valence-electron chi connectivity index (χ4n) is 3.93. The van der Waals surface area contributed by atoms with E-state index < -0.39 is 0 Å². The van der Waals surface area contributed by atoms with Gasteiger partial charge in [0.2, 0.25) is 0 Å². The molecule has 0 saturated carbocycles. The molecular weight excluding hydrogens is 320 g/mol. The fourth-order valence-corrected chi connectivity index (χ4v) is 3.93. The van der Waals surface area contributed by atoms with Crippen LogP contribution in [-0.4, -0.2) is 19.1 Å². The molecule has 0 fully saturated rings. The highest BCUT2D eigenvalue weighted by atomic mass is 15.0. The van der Waals surface area contributed by atoms with Gasteiger partial charge in [0.1, 0.15) is 0 Å². The van der Waals surface area contributed by atoms with Crippen LogP contribution in [0.3, 0.4) is 0 Å². The second-order valence-corrected chi connectivity index (χ2v) is 6.61. The van der Waals surface area contributed by atoms with Crippen molar-refractivity contribution in [2.75, 3.05) is 0 Å². The Bertz CT molecular complexity index is 1190. The molecule has 0 aliphatic heterocycles. The number of aromatic nitrogens is 4. The Morgan fingerprint density at radius 2 is 0.923 bits per heavy atom. The quantitative estimate of drug-likeness (QED) is 0.420. The van der Waals surface area contributed by atoms with Crippen LogP contribution in [0, 0.1) is 0 Å². The molecule has 0 atom stereocenters. The van der Waals surface area contributed by atoms with Crippen LogP contribution in [0.5, 0.6) is 0 Å². The summed E-state index contributed by atoms with van der Waals surface area (Å²) in [7, 11) is 0. The minimum atomic E-state index is 1.13. The molecular formula is C22H14N4. The maximum Gasteiger partial charge on any atom is 0.0991 e. The van der Waals surface area contributed by atoms with Crippen LogP contribution >= 0.6 is 0 Å². The standard InChI is InChI=1S/C22H14N4/c1-2-16-10-20(26-8-6-24-14-26)12-18-4-3-17-11-19(25-7-5-23-13-25)9-15(1)21(17)22(16)18/h1-14H. The Kier molecular flexibility index (Phi) is 2.58. The number of hydrogen-bond donors (Lipinski definition) is 0. The smallest absolute Gasteiger partial charge is 0.0991 e. The van der Waals surface area contributed by atoms with Crippen molar-refractivity contribution in [1.29, 1.82) is 0 Å². The zero-order valence-corrected chi connectivity index (χ0v) is 13.9. The Hall–Kier alpha value is -3.66. The summed E-state index contributed by atoms with van der Waals surface area (Å²) >= 11 is 0. The molecule has 0 amide bonds. The van der Waals surface area contributed by atoms with Crippen molar-refractivity contribution in [2.24, 2.45) is 0 Å². The van der Waals surface area contributed by atoms with Crippen molar-refractivity contribution in [3.05, 3.63) is 86.0 Å². The van der Waals surface area contributed by atoms with Crippen molar-refractivity contribution in [3.8, 4) is 11.4 Å². The molecule has 0 unspecified atom stereocenters. The molecule has 4 heteroatoms. The first-order chi connectivity index (χ1) is 12.9. The summed E-state index contributed by atoms with van der Waals surface area (Å²) in [5.41, 5.74) is 2.26. The fraction of sp³-hybridized carbons (Fsp3) is 0. The predicted octanol–water partition coefficient (Wildman–Crippen LogP) is 4.96. The minimum Gasteiger partial charge on any atom is -0.306 e. The van der Waals surface area contributed by atoms with Crippen molar-refractivity contribution in [3.63, 3.8) is 0 Å². The van der Waals surface area contributed by atoms with Crippen molar-refractivity contribution < 1.29 is 0 Å². The molecule has 2 aromatic heterocycles. The van der Waals surface area contributed by atoms with Gasteiger partial charge in [-0.1, -0.05) is 24.3 Å². The van der Waals surface area contributed by atoms with Gasteiger partial charge in [0, 0.05) is 36.2 Å². The third-order valence-corrected chi connectivity index (χ3v) is 5.11. The molecule has 0 spiro atoms. The van der Waals surface area contributed by atoms with Crippen LogP contribution in [0.25, 0.3) is 43.7 Å². The van der Waals surface area contributed by atoms with Gasteiger partial charge >= 0.3 is 0 Å². The zero-order chi connectivity index (χ0) is 17.1. The maximum absolute atomic E-state index is 4.17. The zero-order valence-electron chi connectivity index (χ0n) is 13.9. The van der Waals surface area contributed by atoms with Gasteiger partial charge in [0.15, 0.2) is 0 Å². The largest absolute Gasteiger partial charge is 0.306 e. The van der Waals surface area contributed by atoms with E-state index in [9.17, 15) is 0 Å². The molecule has 26 heavy (non-hydrogen) atoms. The summed E-state index contributed by atoms with van der Waals surface area (Å²) in [6, 6.07) is 17.8. The van der Waals surface area contributed by atoms with Gasteiger partial charge in [-0.15, -0.1) is 0 Å². The second kappa shape index (κ2) is 4.92. The van der Waals surface area contributed by atoms with Gasteiger partial charge < -0.3 is 9.13 Å². The van der Waals surface area contributed by atoms with Crippen LogP contribution in [0.15, 0.2) is 86.0 Å². The van der Waals surface area contributed by atoms with Crippen molar-refractivity contribution in [2.45, 2.75) is 0 Å². The molecule has 0 bridgehead atoms. The first-order valence-electron chi connectivity index (χ1n) is 8.56. The van der Waals surface area contributed by atoms with Crippen LogP contribution in [0.1, 0.15) is 0 Å². The SMILES string of the molecule is c1cn(-c2cc3ccc4cc(-n5ccnc5)cc5ccc(c2)c3c45)cn1. The average molecular weight is 334 g/mol. The van der Waals surface area contributed by atoms with Crippen LogP contribution < -0.4 is 0 Å². The van der Waals surface area contributed by atoms with E-state index in [-0.39, 0.29) is 0 Å². The number of benzene rings is 4. The van der Waals surface area contributed by atoms with Crippen LogP contribution in [0.2, 0.25) is 0 Å². The summed E-state index contributed by atoms with van der Waals surface area (Å²) in [5.74, 6) is 0. The minimum absolute atomic E-state index is 1.13. The second-order valence-electron chi connectivity index (χ2n) is 6.61. The molecule has 122 valence electrons. The molecule has 0 radical (unpaired) electrons. The van der Waals surface area contributed by atoms with E-state index in [0.29, 0.717) is 0 Å². The van der Waals surface area contributed by atoms with E-state index in [0.717, 1.165) is 11.4 Å². The highest BCUT2D eigenvalue weighted by Gasteiger charge is 2.11. The molecule has 4 nitrogen and oxygen atoms in total. The van der Waals surface area contributed by atoms with Gasteiger partial charge in [0.05, 0.1) is 12.7 Å². The lowest BCUT2D eigenvalue weighted by atomic mass is 9.93. The molecule has 0 N–H and O–H groups in total. The van der Waals surface area contributed by atoms with Gasteiger partial charge in [-0.25, -0.2) is 9.97 Å². The summed E-state index contributed by atoms with van der Waals surface area (Å²) in [5, 5.41) is 7.64. The molecule has 2 heterocycles. The first kappa shape index (κ1) is 13.6. The maximum atomic E-state index is 4.17. The number of rotatable bonds is 2. The summed E-state index contributed by atoms with van der Waals surface area (Å²) in [6.45, 7) is 0. The molecule has 6 aromatic rings. The number of nitrogens with zero attached hydrogens (tertiary/aromatic N) is 4. The Morgan fingerprint density at radius 1 is 0.538 bits per heavy atom. The normalized spacial score (nSPS) is 11.8. The van der Waals surface area contributed by atoms with E-state index in [1.165, 1.54) is 32.3 Å². The summed E-state index contributed by atoms with van der Waals surface area (Å²) < 4.78 is 4.09. The van der Waals surface area contributed by atoms with E-state index in [4.69, 9.17) is 0 Å². The highest BCUT2D eigenvalue weighted by Crippen LogP contribution is 2.37. The average Bonchev–Trinajstić information content (AvgIpc) is 3.39. The van der Waals surface area contributed by atoms with Crippen molar-refractivity contribution >= 4 is 32.3 Å². The van der Waals surface area contributed by atoms with E-state index in [1.54, 1.807) is 0 Å². The van der Waals surface area contributed by atoms with E-state index >= 15 is 0 Å². The lowest BCUT2D eigenvalue weighted by molar-refractivity contribution is 1.06. The van der Waals surface area contributed by atoms with E-state index in [2.05, 4.69) is 58.5 Å². The van der Waals surface area contributed by atoms with Gasteiger partial charge in [0.25, 0.3) is 0 Å². The third kappa shape index (κ3) is 1.84. The van der Waals surface area contributed by atoms with E-state index in [1.807, 2.05) is 46.6 Å². The van der Waals surface area contributed by atoms with Crippen molar-refractivity contribution in [1.82, 2.24) is 19.1 Å². The van der Waals surface area contributed by atoms with Crippen LogP contribution in [-0.2, 0) is 0 Å². The third-order valence-electron chi connectivity index (χ3n) is 5.11. The van der Waals surface area contributed by atoms with Gasteiger partial charge in [-0.3, -0.25) is 0 Å². The summed E-state index contributed by atoms with van der Waals surface area (Å²) in [6.07, 6.45) is 11.2. The van der Waals surface area contributed by atoms with Gasteiger partial charge in [-0.2, -0.15) is 0 Å². The molecule has 6 rings (SSSR count). The van der Waals surface area contributed by atoms with Gasteiger partial charge in [-0.05, 0) is 56.6 Å². The lowest BCUT2D eigenvalue weighted by Crippen LogP contribution is -1.94. The first-order valence-corrected chi connectivity index (χ1v) is 8.56. The topological polar surface area (TPSA) is 35.6 Å². The molecule has 4 aromatic carbocycles. The monoisotopic (exact) mass is 334 g/mol. The lowest BCUT2D eigenvalue weighted by Gasteiger charge is -2.14. The molecule has 0 aliphatic rings. The Labute approximate surface area is 149 Å².